The smallest absolute Gasteiger partial charge is 0.269 e. The lowest BCUT2D eigenvalue weighted by molar-refractivity contribution is 0.0958. The number of pyridine rings is 1. The Morgan fingerprint density at radius 3 is 3.00 bits per heavy atom. The molecule has 1 saturated heterocycles. The number of hydrogen-bond donors (Lipinski definition) is 2. The van der Waals surface area contributed by atoms with Gasteiger partial charge in [0.05, 0.1) is 24.5 Å². The highest BCUT2D eigenvalue weighted by molar-refractivity contribution is 5.92. The summed E-state index contributed by atoms with van der Waals surface area (Å²) >= 11 is 0. The average molecular weight is 221 g/mol. The summed E-state index contributed by atoms with van der Waals surface area (Å²) in [7, 11) is 1.59. The van der Waals surface area contributed by atoms with E-state index in [-0.39, 0.29) is 5.91 Å². The lowest BCUT2D eigenvalue weighted by atomic mass is 10.2. The third-order valence-electron chi connectivity index (χ3n) is 2.52. The van der Waals surface area contributed by atoms with Gasteiger partial charge >= 0.3 is 0 Å². The maximum Gasteiger partial charge on any atom is 0.269 e. The van der Waals surface area contributed by atoms with Crippen LogP contribution in [0.1, 0.15) is 16.9 Å². The van der Waals surface area contributed by atoms with E-state index < -0.39 is 0 Å². The van der Waals surface area contributed by atoms with Gasteiger partial charge in [0.15, 0.2) is 0 Å². The van der Waals surface area contributed by atoms with E-state index in [1.165, 1.54) is 0 Å². The number of carbonyl (C=O) groups excluding carboxylic acids is 1. The lowest BCUT2D eigenvalue weighted by Crippen LogP contribution is -2.21. The van der Waals surface area contributed by atoms with Gasteiger partial charge in [-0.15, -0.1) is 0 Å². The molecule has 1 aromatic heterocycles. The van der Waals surface area contributed by atoms with E-state index in [0.29, 0.717) is 11.7 Å². The standard InChI is InChI=1S/C11H15N3O2/c1-12-11(15)10-3-2-8(6-13-10)14-9-4-5-16-7-9/h2-3,6,9,14H,4-5,7H2,1H3,(H,12,15). The molecule has 1 aromatic rings. The number of aromatic nitrogens is 1. The van der Waals surface area contributed by atoms with Gasteiger partial charge in [-0.05, 0) is 18.6 Å². The normalized spacial score (nSPS) is 19.4. The van der Waals surface area contributed by atoms with Gasteiger partial charge < -0.3 is 15.4 Å². The van der Waals surface area contributed by atoms with Crippen molar-refractivity contribution >= 4 is 11.6 Å². The van der Waals surface area contributed by atoms with Gasteiger partial charge in [0.25, 0.3) is 5.91 Å². The SMILES string of the molecule is CNC(=O)c1ccc(NC2CCOC2)cn1. The monoisotopic (exact) mass is 221 g/mol. The van der Waals surface area contributed by atoms with Crippen molar-refractivity contribution in [2.24, 2.45) is 0 Å². The summed E-state index contributed by atoms with van der Waals surface area (Å²) in [6.45, 7) is 1.54. The van der Waals surface area contributed by atoms with E-state index >= 15 is 0 Å². The highest BCUT2D eigenvalue weighted by Crippen LogP contribution is 2.12. The number of nitrogens with zero attached hydrogens (tertiary/aromatic N) is 1. The molecule has 1 unspecified atom stereocenters. The Kier molecular flexibility index (Phi) is 3.36. The first kappa shape index (κ1) is 10.9. The van der Waals surface area contributed by atoms with E-state index in [4.69, 9.17) is 4.74 Å². The second-order valence-corrected chi connectivity index (χ2v) is 3.72. The highest BCUT2D eigenvalue weighted by atomic mass is 16.5. The third kappa shape index (κ3) is 2.49. The van der Waals surface area contributed by atoms with E-state index in [1.807, 2.05) is 6.07 Å². The Balaban J connectivity index is 1.98. The van der Waals surface area contributed by atoms with Gasteiger partial charge in [-0.25, -0.2) is 4.98 Å². The van der Waals surface area contributed by atoms with E-state index in [1.54, 1.807) is 19.3 Å². The van der Waals surface area contributed by atoms with Crippen LogP contribution in [0.25, 0.3) is 0 Å². The number of ether oxygens (including phenoxy) is 1. The van der Waals surface area contributed by atoms with Gasteiger partial charge in [0.1, 0.15) is 5.69 Å². The van der Waals surface area contributed by atoms with Crippen molar-refractivity contribution in [2.75, 3.05) is 25.6 Å². The summed E-state index contributed by atoms with van der Waals surface area (Å²) in [5.41, 5.74) is 1.35. The second kappa shape index (κ2) is 4.94. The molecule has 0 aromatic carbocycles. The largest absolute Gasteiger partial charge is 0.379 e. The quantitative estimate of drug-likeness (QED) is 0.786. The van der Waals surface area contributed by atoms with Gasteiger partial charge in [0.2, 0.25) is 0 Å². The summed E-state index contributed by atoms with van der Waals surface area (Å²) in [5, 5.41) is 5.84. The van der Waals surface area contributed by atoms with E-state index in [2.05, 4.69) is 15.6 Å². The van der Waals surface area contributed by atoms with Crippen LogP contribution >= 0.6 is 0 Å². The Morgan fingerprint density at radius 1 is 1.56 bits per heavy atom. The molecule has 1 fully saturated rings. The molecule has 1 aliphatic heterocycles. The zero-order chi connectivity index (χ0) is 11.4. The second-order valence-electron chi connectivity index (χ2n) is 3.72. The van der Waals surface area contributed by atoms with Gasteiger partial charge in [0, 0.05) is 13.7 Å². The lowest BCUT2D eigenvalue weighted by Gasteiger charge is -2.11. The van der Waals surface area contributed by atoms with Crippen LogP contribution in [0.5, 0.6) is 0 Å². The fourth-order valence-corrected chi connectivity index (χ4v) is 1.63. The molecule has 0 aliphatic carbocycles. The summed E-state index contributed by atoms with van der Waals surface area (Å²) in [6, 6.07) is 3.92. The van der Waals surface area contributed by atoms with Crippen molar-refractivity contribution in [3.8, 4) is 0 Å². The molecular weight excluding hydrogens is 206 g/mol. The zero-order valence-electron chi connectivity index (χ0n) is 9.19. The molecule has 5 heteroatoms. The van der Waals surface area contributed by atoms with E-state index in [0.717, 1.165) is 25.3 Å². The minimum atomic E-state index is -0.171. The summed E-state index contributed by atoms with van der Waals surface area (Å²) in [5.74, 6) is -0.171. The maximum absolute atomic E-state index is 11.3. The first-order valence-electron chi connectivity index (χ1n) is 5.32. The Bertz CT molecular complexity index is 358. The van der Waals surface area contributed by atoms with Crippen LogP contribution in [0, 0.1) is 0 Å². The van der Waals surface area contributed by atoms with Gasteiger partial charge in [-0.2, -0.15) is 0 Å². The van der Waals surface area contributed by atoms with Crippen molar-refractivity contribution in [3.63, 3.8) is 0 Å². The van der Waals surface area contributed by atoms with Gasteiger partial charge in [-0.1, -0.05) is 0 Å². The highest BCUT2D eigenvalue weighted by Gasteiger charge is 2.15. The number of nitrogens with one attached hydrogen (secondary N) is 2. The molecule has 0 spiro atoms. The van der Waals surface area contributed by atoms with Crippen LogP contribution in [0.15, 0.2) is 18.3 Å². The first-order valence-corrected chi connectivity index (χ1v) is 5.32. The molecule has 86 valence electrons. The van der Waals surface area contributed by atoms with Crippen LogP contribution in [-0.4, -0.2) is 37.2 Å². The van der Waals surface area contributed by atoms with Crippen LogP contribution in [0.2, 0.25) is 0 Å². The van der Waals surface area contributed by atoms with Crippen molar-refractivity contribution in [2.45, 2.75) is 12.5 Å². The van der Waals surface area contributed by atoms with Gasteiger partial charge in [-0.3, -0.25) is 4.79 Å². The van der Waals surface area contributed by atoms with Crippen molar-refractivity contribution in [3.05, 3.63) is 24.0 Å². The minimum absolute atomic E-state index is 0.171. The molecule has 16 heavy (non-hydrogen) atoms. The van der Waals surface area contributed by atoms with Crippen LogP contribution in [0.4, 0.5) is 5.69 Å². The average Bonchev–Trinajstić information content (AvgIpc) is 2.82. The molecule has 0 saturated carbocycles. The van der Waals surface area contributed by atoms with Crippen LogP contribution < -0.4 is 10.6 Å². The number of hydrogen-bond acceptors (Lipinski definition) is 4. The Labute approximate surface area is 94.2 Å². The summed E-state index contributed by atoms with van der Waals surface area (Å²) < 4.78 is 5.26. The maximum atomic E-state index is 11.3. The summed E-state index contributed by atoms with van der Waals surface area (Å²) in [4.78, 5) is 15.3. The molecule has 1 amide bonds. The molecule has 1 atom stereocenters. The molecule has 2 heterocycles. The number of anilines is 1. The summed E-state index contributed by atoms with van der Waals surface area (Å²) in [6.07, 6.45) is 2.68. The Morgan fingerprint density at radius 2 is 2.44 bits per heavy atom. The number of carbonyl (C=O) groups is 1. The third-order valence-corrected chi connectivity index (χ3v) is 2.52. The fourth-order valence-electron chi connectivity index (χ4n) is 1.63. The molecule has 2 rings (SSSR count). The first-order chi connectivity index (χ1) is 7.79. The van der Waals surface area contributed by atoms with Crippen molar-refractivity contribution < 1.29 is 9.53 Å². The molecule has 0 radical (unpaired) electrons. The zero-order valence-corrected chi connectivity index (χ0v) is 9.19. The van der Waals surface area contributed by atoms with Crippen LogP contribution in [0.3, 0.4) is 0 Å². The Hall–Kier alpha value is -1.62. The molecule has 2 N–H and O–H groups in total. The topological polar surface area (TPSA) is 63.2 Å². The fraction of sp³-hybridized carbons (Fsp3) is 0.455. The van der Waals surface area contributed by atoms with Crippen molar-refractivity contribution in [1.82, 2.24) is 10.3 Å². The predicted octanol–water partition coefficient (Wildman–Crippen LogP) is 0.642. The molecule has 0 bridgehead atoms. The number of rotatable bonds is 3. The predicted molar refractivity (Wildman–Crippen MR) is 60.5 cm³/mol. The molecular formula is C11H15N3O2. The van der Waals surface area contributed by atoms with Crippen LogP contribution in [-0.2, 0) is 4.74 Å². The minimum Gasteiger partial charge on any atom is -0.379 e. The molecule has 1 aliphatic rings. The molecule has 5 nitrogen and oxygen atoms in total. The van der Waals surface area contributed by atoms with E-state index in [9.17, 15) is 4.79 Å². The number of amides is 1. The van der Waals surface area contributed by atoms with Crippen molar-refractivity contribution in [1.29, 1.82) is 0 Å².